The lowest BCUT2D eigenvalue weighted by Gasteiger charge is -2.14. The van der Waals surface area contributed by atoms with E-state index in [0.29, 0.717) is 0 Å². The van der Waals surface area contributed by atoms with Crippen molar-refractivity contribution in [2.45, 2.75) is 39.0 Å². The van der Waals surface area contributed by atoms with Gasteiger partial charge < -0.3 is 14.6 Å². The molecule has 2 atom stereocenters. The molecule has 0 aliphatic carbocycles. The van der Waals surface area contributed by atoms with Crippen LogP contribution in [0.15, 0.2) is 0 Å². The van der Waals surface area contributed by atoms with Crippen LogP contribution in [0, 0.1) is 0 Å². The fourth-order valence-corrected chi connectivity index (χ4v) is 0.920. The molecule has 3 heteroatoms. The second kappa shape index (κ2) is 1.94. The minimum Gasteiger partial charge on any atom is -0.366 e. The summed E-state index contributed by atoms with van der Waals surface area (Å²) in [5.74, 6) is -0.612. The fraction of sp³-hybridized carbons (Fsp3) is 1.00. The van der Waals surface area contributed by atoms with Gasteiger partial charge in [-0.1, -0.05) is 0 Å². The van der Waals surface area contributed by atoms with E-state index >= 15 is 0 Å². The summed E-state index contributed by atoms with van der Waals surface area (Å²) in [7, 11) is 0. The van der Waals surface area contributed by atoms with E-state index in [0.717, 1.165) is 0 Å². The van der Waals surface area contributed by atoms with Crippen molar-refractivity contribution in [2.75, 3.05) is 0 Å². The first-order chi connectivity index (χ1) is 4.01. The molecule has 0 aromatic heterocycles. The van der Waals surface area contributed by atoms with Gasteiger partial charge in [0.1, 0.15) is 6.10 Å². The molecule has 1 saturated heterocycles. The van der Waals surface area contributed by atoms with Crippen molar-refractivity contribution in [3.8, 4) is 0 Å². The third-order valence-corrected chi connectivity index (χ3v) is 1.28. The molecule has 1 heterocycles. The van der Waals surface area contributed by atoms with Crippen molar-refractivity contribution in [3.05, 3.63) is 0 Å². The highest BCUT2D eigenvalue weighted by Gasteiger charge is 2.37. The number of aliphatic hydroxyl groups is 1. The van der Waals surface area contributed by atoms with Crippen LogP contribution in [0.1, 0.15) is 20.8 Å². The predicted molar refractivity (Wildman–Crippen MR) is 31.7 cm³/mol. The third-order valence-electron chi connectivity index (χ3n) is 1.28. The standard InChI is InChI=1S/C6H12O3/c1-4-5(7)9-6(2,3)8-4/h4-5,7H,1-3H3. The van der Waals surface area contributed by atoms with Crippen molar-refractivity contribution in [2.24, 2.45) is 0 Å². The van der Waals surface area contributed by atoms with Crippen molar-refractivity contribution in [1.29, 1.82) is 0 Å². The highest BCUT2D eigenvalue weighted by atomic mass is 16.8. The van der Waals surface area contributed by atoms with Gasteiger partial charge >= 0.3 is 0 Å². The minimum atomic E-state index is -0.764. The Hall–Kier alpha value is -0.120. The van der Waals surface area contributed by atoms with Gasteiger partial charge in [-0.2, -0.15) is 0 Å². The highest BCUT2D eigenvalue weighted by Crippen LogP contribution is 2.25. The van der Waals surface area contributed by atoms with Gasteiger partial charge in [0.2, 0.25) is 0 Å². The molecular weight excluding hydrogens is 120 g/mol. The SMILES string of the molecule is CC1OC(C)(C)OC1O. The summed E-state index contributed by atoms with van der Waals surface area (Å²) in [6.45, 7) is 5.33. The number of hydrogen-bond donors (Lipinski definition) is 1. The number of rotatable bonds is 0. The fourth-order valence-electron chi connectivity index (χ4n) is 0.920. The molecule has 3 nitrogen and oxygen atoms in total. The molecule has 0 saturated carbocycles. The van der Waals surface area contributed by atoms with Crippen LogP contribution in [-0.2, 0) is 9.47 Å². The molecule has 0 aromatic carbocycles. The molecule has 0 amide bonds. The van der Waals surface area contributed by atoms with Gasteiger partial charge in [0, 0.05) is 0 Å². The van der Waals surface area contributed by atoms with Crippen LogP contribution in [0.5, 0.6) is 0 Å². The summed E-state index contributed by atoms with van der Waals surface area (Å²) in [6.07, 6.45) is -0.972. The Morgan fingerprint density at radius 3 is 2.00 bits per heavy atom. The molecule has 0 aromatic rings. The largest absolute Gasteiger partial charge is 0.366 e. The van der Waals surface area contributed by atoms with E-state index in [4.69, 9.17) is 14.6 Å². The Bertz CT molecular complexity index is 98.9. The van der Waals surface area contributed by atoms with Crippen molar-refractivity contribution < 1.29 is 14.6 Å². The topological polar surface area (TPSA) is 38.7 Å². The maximum Gasteiger partial charge on any atom is 0.184 e. The molecular formula is C6H12O3. The lowest BCUT2D eigenvalue weighted by atomic mass is 10.4. The molecule has 2 unspecified atom stereocenters. The summed E-state index contributed by atoms with van der Waals surface area (Å²) < 4.78 is 10.2. The first kappa shape index (κ1) is 6.99. The summed E-state index contributed by atoms with van der Waals surface area (Å²) in [5.41, 5.74) is 0. The zero-order valence-corrected chi connectivity index (χ0v) is 5.92. The van der Waals surface area contributed by atoms with Gasteiger partial charge in [-0.05, 0) is 20.8 Å². The van der Waals surface area contributed by atoms with Crippen molar-refractivity contribution in [1.82, 2.24) is 0 Å². The average molecular weight is 132 g/mol. The number of ether oxygens (including phenoxy) is 2. The molecule has 0 radical (unpaired) electrons. The van der Waals surface area contributed by atoms with Crippen LogP contribution in [0.3, 0.4) is 0 Å². The molecule has 9 heavy (non-hydrogen) atoms. The summed E-state index contributed by atoms with van der Waals surface area (Å²) in [5, 5.41) is 8.99. The first-order valence-corrected chi connectivity index (χ1v) is 3.05. The quantitative estimate of drug-likeness (QED) is 0.521. The Morgan fingerprint density at radius 1 is 1.33 bits per heavy atom. The zero-order chi connectivity index (χ0) is 7.07. The van der Waals surface area contributed by atoms with Crippen LogP contribution in [0.4, 0.5) is 0 Å². The normalized spacial score (nSPS) is 41.3. The lowest BCUT2D eigenvalue weighted by Crippen LogP contribution is -2.21. The average Bonchev–Trinajstić information content (AvgIpc) is 1.79. The first-order valence-electron chi connectivity index (χ1n) is 3.05. The molecule has 1 aliphatic rings. The van der Waals surface area contributed by atoms with Crippen LogP contribution in [0.2, 0.25) is 0 Å². The summed E-state index contributed by atoms with van der Waals surface area (Å²) in [4.78, 5) is 0. The Balaban J connectivity index is 2.54. The third kappa shape index (κ3) is 1.41. The molecule has 1 fully saturated rings. The predicted octanol–water partition coefficient (Wildman–Crippen LogP) is 0.476. The molecule has 1 aliphatic heterocycles. The highest BCUT2D eigenvalue weighted by molar-refractivity contribution is 4.69. The van der Waals surface area contributed by atoms with Gasteiger partial charge in [0.25, 0.3) is 0 Å². The van der Waals surface area contributed by atoms with Gasteiger partial charge in [0.15, 0.2) is 12.1 Å². The summed E-state index contributed by atoms with van der Waals surface area (Å²) in [6, 6.07) is 0. The zero-order valence-electron chi connectivity index (χ0n) is 5.92. The lowest BCUT2D eigenvalue weighted by molar-refractivity contribution is -0.174. The Labute approximate surface area is 54.6 Å². The Morgan fingerprint density at radius 2 is 1.89 bits per heavy atom. The van der Waals surface area contributed by atoms with E-state index in [1.165, 1.54) is 0 Å². The van der Waals surface area contributed by atoms with E-state index in [-0.39, 0.29) is 6.10 Å². The van der Waals surface area contributed by atoms with Gasteiger partial charge in [-0.15, -0.1) is 0 Å². The van der Waals surface area contributed by atoms with Gasteiger partial charge in [-0.25, -0.2) is 0 Å². The van der Waals surface area contributed by atoms with E-state index in [9.17, 15) is 0 Å². The second-order valence-corrected chi connectivity index (χ2v) is 2.73. The summed E-state index contributed by atoms with van der Waals surface area (Å²) >= 11 is 0. The van der Waals surface area contributed by atoms with Gasteiger partial charge in [0.05, 0.1) is 0 Å². The van der Waals surface area contributed by atoms with Crippen LogP contribution in [-0.4, -0.2) is 23.3 Å². The van der Waals surface area contributed by atoms with E-state index in [1.54, 1.807) is 20.8 Å². The van der Waals surface area contributed by atoms with E-state index in [2.05, 4.69) is 0 Å². The molecule has 54 valence electrons. The van der Waals surface area contributed by atoms with Gasteiger partial charge in [-0.3, -0.25) is 0 Å². The van der Waals surface area contributed by atoms with Crippen molar-refractivity contribution in [3.63, 3.8) is 0 Å². The van der Waals surface area contributed by atoms with Crippen molar-refractivity contribution >= 4 is 0 Å². The Kier molecular flexibility index (Phi) is 1.50. The molecule has 0 bridgehead atoms. The minimum absolute atomic E-state index is 0.208. The van der Waals surface area contributed by atoms with E-state index in [1.807, 2.05) is 0 Å². The van der Waals surface area contributed by atoms with E-state index < -0.39 is 12.1 Å². The van der Waals surface area contributed by atoms with Crippen LogP contribution in [0.25, 0.3) is 0 Å². The second-order valence-electron chi connectivity index (χ2n) is 2.73. The molecule has 0 spiro atoms. The smallest absolute Gasteiger partial charge is 0.184 e. The van der Waals surface area contributed by atoms with Crippen LogP contribution >= 0.6 is 0 Å². The van der Waals surface area contributed by atoms with Crippen LogP contribution < -0.4 is 0 Å². The monoisotopic (exact) mass is 132 g/mol. The number of aliphatic hydroxyl groups excluding tert-OH is 1. The molecule has 1 N–H and O–H groups in total. The number of hydrogen-bond acceptors (Lipinski definition) is 3. The maximum absolute atomic E-state index is 8.99. The maximum atomic E-state index is 8.99. The molecule has 1 rings (SSSR count).